The first kappa shape index (κ1) is 13.5. The molecule has 5 nitrogen and oxygen atoms in total. The molecule has 0 aliphatic carbocycles. The lowest BCUT2D eigenvalue weighted by Crippen LogP contribution is -2.33. The van der Waals surface area contributed by atoms with Gasteiger partial charge in [-0.1, -0.05) is 17.7 Å². The van der Waals surface area contributed by atoms with Crippen LogP contribution in [-0.2, 0) is 19.1 Å². The molecule has 0 radical (unpaired) electrons. The first-order chi connectivity index (χ1) is 9.06. The Morgan fingerprint density at radius 2 is 2.21 bits per heavy atom. The van der Waals surface area contributed by atoms with Crippen molar-refractivity contribution in [2.75, 3.05) is 13.2 Å². The molecule has 1 heterocycles. The Morgan fingerprint density at radius 1 is 1.47 bits per heavy atom. The van der Waals surface area contributed by atoms with Crippen molar-refractivity contribution < 1.29 is 23.9 Å². The van der Waals surface area contributed by atoms with Crippen LogP contribution in [0.2, 0.25) is 5.02 Å². The minimum atomic E-state index is -0.948. The fourth-order valence-corrected chi connectivity index (χ4v) is 2.25. The molecule has 1 unspecified atom stereocenters. The van der Waals surface area contributed by atoms with Crippen LogP contribution in [0.25, 0.3) is 0 Å². The summed E-state index contributed by atoms with van der Waals surface area (Å²) in [4.78, 5) is 35.1. The highest BCUT2D eigenvalue weighted by Crippen LogP contribution is 2.33. The predicted molar refractivity (Wildman–Crippen MR) is 66.1 cm³/mol. The van der Waals surface area contributed by atoms with E-state index in [0.717, 1.165) is 0 Å². The van der Waals surface area contributed by atoms with E-state index >= 15 is 0 Å². The molecule has 100 valence electrons. The third-order valence-corrected chi connectivity index (χ3v) is 3.13. The summed E-state index contributed by atoms with van der Waals surface area (Å²) in [5, 5.41) is 0.261. The molecule has 0 bridgehead atoms. The number of hydrogen-bond acceptors (Lipinski definition) is 5. The number of Topliss-reactive ketones (excluding diaryl/α,β-unsaturated/α-hetero) is 1. The molecule has 0 saturated carbocycles. The van der Waals surface area contributed by atoms with Gasteiger partial charge in [0.15, 0.2) is 0 Å². The lowest BCUT2D eigenvalue weighted by molar-refractivity contribution is -0.154. The monoisotopic (exact) mass is 282 g/mol. The Balaban J connectivity index is 2.41. The molecule has 1 aliphatic heterocycles. The second-order valence-electron chi connectivity index (χ2n) is 3.94. The van der Waals surface area contributed by atoms with Crippen LogP contribution in [0, 0.1) is 0 Å². The summed E-state index contributed by atoms with van der Waals surface area (Å²) in [6.45, 7) is 1.51. The molecule has 0 aromatic heterocycles. The molecule has 0 saturated heterocycles. The summed E-state index contributed by atoms with van der Waals surface area (Å²) in [7, 11) is 0. The highest BCUT2D eigenvalue weighted by Gasteiger charge is 2.37. The van der Waals surface area contributed by atoms with E-state index in [1.807, 2.05) is 0 Å². The zero-order chi connectivity index (χ0) is 14.0. The molecular formula is C13H11ClO5. The van der Waals surface area contributed by atoms with Gasteiger partial charge in [0, 0.05) is 5.02 Å². The Morgan fingerprint density at radius 3 is 2.89 bits per heavy atom. The minimum absolute atomic E-state index is 0.104. The van der Waals surface area contributed by atoms with Crippen LogP contribution in [0.3, 0.4) is 0 Å². The van der Waals surface area contributed by atoms with Crippen molar-refractivity contribution in [1.29, 1.82) is 0 Å². The first-order valence-electron chi connectivity index (χ1n) is 5.72. The summed E-state index contributed by atoms with van der Waals surface area (Å²) < 4.78 is 9.56. The molecule has 1 aromatic carbocycles. The largest absolute Gasteiger partial charge is 0.461 e. The van der Waals surface area contributed by atoms with E-state index in [4.69, 9.17) is 16.3 Å². The Labute approximate surface area is 114 Å². The second kappa shape index (κ2) is 5.40. The summed E-state index contributed by atoms with van der Waals surface area (Å²) in [5.74, 6) is -3.16. The number of hydrogen-bond donors (Lipinski definition) is 0. The highest BCUT2D eigenvalue weighted by atomic mass is 35.5. The van der Waals surface area contributed by atoms with E-state index in [2.05, 4.69) is 4.74 Å². The SMILES string of the molecule is CCOC(=O)C(=O)C1COC(=O)c2cccc(Cl)c21. The van der Waals surface area contributed by atoms with Crippen LogP contribution in [0.4, 0.5) is 0 Å². The molecule has 19 heavy (non-hydrogen) atoms. The molecule has 0 amide bonds. The van der Waals surface area contributed by atoms with Gasteiger partial charge in [-0.15, -0.1) is 0 Å². The van der Waals surface area contributed by atoms with E-state index in [1.165, 1.54) is 6.07 Å². The molecule has 0 spiro atoms. The van der Waals surface area contributed by atoms with Crippen molar-refractivity contribution in [1.82, 2.24) is 0 Å². The molecule has 1 aliphatic rings. The van der Waals surface area contributed by atoms with Gasteiger partial charge in [0.1, 0.15) is 6.61 Å². The van der Waals surface area contributed by atoms with Crippen LogP contribution in [0.1, 0.15) is 28.8 Å². The van der Waals surface area contributed by atoms with E-state index in [-0.39, 0.29) is 23.8 Å². The lowest BCUT2D eigenvalue weighted by Gasteiger charge is -2.24. The highest BCUT2D eigenvalue weighted by molar-refractivity contribution is 6.38. The number of rotatable bonds is 3. The topological polar surface area (TPSA) is 69.7 Å². The van der Waals surface area contributed by atoms with Crippen molar-refractivity contribution in [2.45, 2.75) is 12.8 Å². The number of ether oxygens (including phenoxy) is 2. The fraction of sp³-hybridized carbons (Fsp3) is 0.308. The number of fused-ring (bicyclic) bond motifs is 1. The smallest absolute Gasteiger partial charge is 0.375 e. The van der Waals surface area contributed by atoms with Gasteiger partial charge in [-0.3, -0.25) is 4.79 Å². The van der Waals surface area contributed by atoms with E-state index in [1.54, 1.807) is 19.1 Å². The third kappa shape index (κ3) is 2.46. The fourth-order valence-electron chi connectivity index (χ4n) is 1.94. The van der Waals surface area contributed by atoms with Gasteiger partial charge >= 0.3 is 11.9 Å². The number of carbonyl (C=O) groups excluding carboxylic acids is 3. The number of esters is 2. The summed E-state index contributed by atoms with van der Waals surface area (Å²) in [6.07, 6.45) is 0. The Kier molecular flexibility index (Phi) is 3.85. The van der Waals surface area contributed by atoms with Crippen molar-refractivity contribution in [3.8, 4) is 0 Å². The zero-order valence-electron chi connectivity index (χ0n) is 10.1. The molecule has 0 fully saturated rings. The van der Waals surface area contributed by atoms with Gasteiger partial charge in [0.05, 0.1) is 18.1 Å². The van der Waals surface area contributed by atoms with E-state index in [0.29, 0.717) is 5.56 Å². The maximum Gasteiger partial charge on any atom is 0.375 e. The van der Waals surface area contributed by atoms with E-state index in [9.17, 15) is 14.4 Å². The number of ketones is 1. The molecule has 0 N–H and O–H groups in total. The summed E-state index contributed by atoms with van der Waals surface area (Å²) >= 11 is 6.02. The first-order valence-corrected chi connectivity index (χ1v) is 6.10. The normalized spacial score (nSPS) is 17.4. The zero-order valence-corrected chi connectivity index (χ0v) is 10.9. The van der Waals surface area contributed by atoms with Gasteiger partial charge in [-0.2, -0.15) is 0 Å². The maximum atomic E-state index is 12.0. The summed E-state index contributed by atoms with van der Waals surface area (Å²) in [6, 6.07) is 4.65. The Bertz CT molecular complexity index is 552. The number of halogens is 1. The van der Waals surface area contributed by atoms with Gasteiger partial charge < -0.3 is 9.47 Å². The quantitative estimate of drug-likeness (QED) is 0.624. The third-order valence-electron chi connectivity index (χ3n) is 2.80. The second-order valence-corrected chi connectivity index (χ2v) is 4.34. The van der Waals surface area contributed by atoms with Crippen LogP contribution in [0.5, 0.6) is 0 Å². The maximum absolute atomic E-state index is 12.0. The van der Waals surface area contributed by atoms with Gasteiger partial charge in [-0.25, -0.2) is 9.59 Å². The van der Waals surface area contributed by atoms with Crippen molar-refractivity contribution >= 4 is 29.3 Å². The average Bonchev–Trinajstić information content (AvgIpc) is 2.40. The molecule has 6 heteroatoms. The minimum Gasteiger partial charge on any atom is -0.461 e. The molecular weight excluding hydrogens is 272 g/mol. The molecule has 1 aromatic rings. The van der Waals surface area contributed by atoms with Crippen LogP contribution >= 0.6 is 11.6 Å². The van der Waals surface area contributed by atoms with Crippen molar-refractivity contribution in [3.05, 3.63) is 34.3 Å². The average molecular weight is 283 g/mol. The van der Waals surface area contributed by atoms with Crippen LogP contribution in [-0.4, -0.2) is 30.9 Å². The van der Waals surface area contributed by atoms with Gasteiger partial charge in [-0.05, 0) is 24.6 Å². The Hall–Kier alpha value is -1.88. The number of carbonyl (C=O) groups is 3. The van der Waals surface area contributed by atoms with Gasteiger partial charge in [0.25, 0.3) is 5.78 Å². The molecule has 2 rings (SSSR count). The van der Waals surface area contributed by atoms with E-state index < -0.39 is 23.6 Å². The molecule has 1 atom stereocenters. The predicted octanol–water partition coefficient (Wildman–Crippen LogP) is 1.73. The number of cyclic esters (lactones) is 1. The van der Waals surface area contributed by atoms with Crippen LogP contribution in [0.15, 0.2) is 18.2 Å². The number of benzene rings is 1. The van der Waals surface area contributed by atoms with Crippen molar-refractivity contribution in [2.24, 2.45) is 0 Å². The standard InChI is InChI=1S/C13H11ClO5/c1-2-18-13(17)11(15)8-6-19-12(16)7-4-3-5-9(14)10(7)8/h3-5,8H,2,6H2,1H3. The van der Waals surface area contributed by atoms with Crippen LogP contribution < -0.4 is 0 Å². The lowest BCUT2D eigenvalue weighted by atomic mass is 9.89. The van der Waals surface area contributed by atoms with Crippen molar-refractivity contribution in [3.63, 3.8) is 0 Å². The summed E-state index contributed by atoms with van der Waals surface area (Å²) in [5.41, 5.74) is 0.542. The van der Waals surface area contributed by atoms with Gasteiger partial charge in [0.2, 0.25) is 0 Å².